The van der Waals surface area contributed by atoms with Gasteiger partial charge in [-0.05, 0) is 0 Å². The average molecular weight is 352 g/mol. The van der Waals surface area contributed by atoms with Gasteiger partial charge in [0.05, 0.1) is 0 Å². The van der Waals surface area contributed by atoms with Gasteiger partial charge in [0.2, 0.25) is 6.86 Å². The molecule has 72 valence electrons. The molecule has 3 heteroatoms. The fraction of sp³-hybridized carbons (Fsp3) is 0.300. The number of ether oxygens (including phenoxy) is 1. The monoisotopic (exact) mass is 352 g/mol. The summed E-state index contributed by atoms with van der Waals surface area (Å²) in [5.74, 6) is 0.568. The molecular weight excluding hydrogens is 339 g/mol. The van der Waals surface area contributed by atoms with E-state index in [2.05, 4.69) is 6.07 Å². The molecule has 0 amide bonds. The van der Waals surface area contributed by atoms with Crippen molar-refractivity contribution in [1.82, 2.24) is 0 Å². The molecule has 1 aromatic rings. The van der Waals surface area contributed by atoms with Gasteiger partial charge in [-0.3, -0.25) is 0 Å². The number of rotatable bonds is 2. The largest absolute Gasteiger partial charge is 2.00 e. The summed E-state index contributed by atoms with van der Waals surface area (Å²) in [6.45, 7) is 3.04. The van der Waals surface area contributed by atoms with Crippen LogP contribution in [0.3, 0.4) is 0 Å². The zero-order valence-electron chi connectivity index (χ0n) is 8.06. The molecule has 0 aliphatic carbocycles. The molecule has 0 unspecified atom stereocenters. The van der Waals surface area contributed by atoms with Crippen molar-refractivity contribution < 1.29 is 30.2 Å². The molecule has 0 aliphatic rings. The summed E-state index contributed by atoms with van der Waals surface area (Å²) < 4.78 is 16.4. The van der Waals surface area contributed by atoms with Crippen LogP contribution in [0.1, 0.15) is 11.1 Å². The molecule has 13 heavy (non-hydrogen) atoms. The first-order chi connectivity index (χ1) is 5.24. The first-order valence-corrected chi connectivity index (χ1v) is 3.41. The van der Waals surface area contributed by atoms with Crippen LogP contribution in [0.15, 0.2) is 12.1 Å². The summed E-state index contributed by atoms with van der Waals surface area (Å²) in [6.07, 6.45) is 0. The number of aryl methyl sites for hydroxylation is 2. The molecule has 1 nitrogen and oxygen atoms in total. The zero-order valence-corrected chi connectivity index (χ0v) is 11.0. The summed E-state index contributed by atoms with van der Waals surface area (Å²) in [5.41, 5.74) is 1.98. The van der Waals surface area contributed by atoms with Crippen LogP contribution in [0.2, 0.25) is 0 Å². The van der Waals surface area contributed by atoms with E-state index in [4.69, 9.17) is 4.74 Å². The summed E-state index contributed by atoms with van der Waals surface area (Å²) >= 11 is 0. The van der Waals surface area contributed by atoms with E-state index < -0.39 is 6.86 Å². The van der Waals surface area contributed by atoms with E-state index in [9.17, 15) is 4.39 Å². The van der Waals surface area contributed by atoms with Crippen LogP contribution >= 0.6 is 0 Å². The fourth-order valence-corrected chi connectivity index (χ4v) is 0.945. The van der Waals surface area contributed by atoms with E-state index in [1.54, 1.807) is 6.07 Å². The first-order valence-electron chi connectivity index (χ1n) is 3.41. The van der Waals surface area contributed by atoms with Gasteiger partial charge in [0.25, 0.3) is 0 Å². The molecule has 0 heterocycles. The quantitative estimate of drug-likeness (QED) is 0.744. The average Bonchev–Trinajstić information content (AvgIpc) is 1.95. The third-order valence-corrected chi connectivity index (χ3v) is 1.46. The number of hydrogen-bond acceptors (Lipinski definition) is 1. The first kappa shape index (κ1) is 15.1. The van der Waals surface area contributed by atoms with Crippen molar-refractivity contribution in [2.75, 3.05) is 6.86 Å². The predicted molar refractivity (Wildman–Crippen MR) is 47.8 cm³/mol. The second kappa shape index (κ2) is 7.08. The van der Waals surface area contributed by atoms with Gasteiger partial charge < -0.3 is 12.2 Å². The van der Waals surface area contributed by atoms with Crippen molar-refractivity contribution >= 4 is 0 Å². The van der Waals surface area contributed by atoms with E-state index in [1.807, 2.05) is 19.9 Å². The van der Waals surface area contributed by atoms with Crippen LogP contribution in [-0.2, 0) is 21.1 Å². The van der Waals surface area contributed by atoms with Crippen LogP contribution < -0.4 is 4.74 Å². The molecule has 1 rings (SSSR count). The molecular formula is C10H13FOW. The van der Waals surface area contributed by atoms with Crippen molar-refractivity contribution in [2.24, 2.45) is 0 Å². The Morgan fingerprint density at radius 1 is 1.46 bits per heavy atom. The Hall–Kier alpha value is -0.362. The Morgan fingerprint density at radius 3 is 2.54 bits per heavy atom. The van der Waals surface area contributed by atoms with E-state index in [-0.39, 0.29) is 28.5 Å². The predicted octanol–water partition coefficient (Wildman–Crippen LogP) is 2.86. The van der Waals surface area contributed by atoms with E-state index in [1.165, 1.54) is 0 Å². The smallest absolute Gasteiger partial charge is 0.524 e. The molecule has 1 aromatic carbocycles. The Labute approximate surface area is 93.6 Å². The molecule has 0 bridgehead atoms. The van der Waals surface area contributed by atoms with Crippen LogP contribution in [0.5, 0.6) is 5.75 Å². The molecule has 0 fully saturated rings. The second-order valence-corrected chi connectivity index (χ2v) is 2.42. The minimum atomic E-state index is -0.780. The maximum absolute atomic E-state index is 11.7. The molecule has 0 saturated heterocycles. The molecule has 0 spiro atoms. The van der Waals surface area contributed by atoms with Gasteiger partial charge in [-0.25, -0.2) is 4.39 Å². The maximum atomic E-state index is 11.7. The standard InChI is InChI=1S/C9H10FO.CH3.W/c1-7-3-4-9(11-6-10)8(2)5-7;;/h4-5H,6H2,1-2H3;1H3;/q2*-1;+2. The molecule has 0 aliphatic heterocycles. The van der Waals surface area contributed by atoms with Crippen LogP contribution in [0.25, 0.3) is 0 Å². The Bertz CT molecular complexity index is 251. The molecule has 0 radical (unpaired) electrons. The molecule has 0 aromatic heterocycles. The normalized spacial score (nSPS) is 8.23. The summed E-state index contributed by atoms with van der Waals surface area (Å²) in [7, 11) is 0. The van der Waals surface area contributed by atoms with E-state index in [0.29, 0.717) is 5.75 Å². The van der Waals surface area contributed by atoms with Crippen LogP contribution in [0, 0.1) is 27.3 Å². The van der Waals surface area contributed by atoms with Crippen LogP contribution in [-0.4, -0.2) is 6.86 Å². The van der Waals surface area contributed by atoms with Gasteiger partial charge in [0, 0.05) is 5.75 Å². The van der Waals surface area contributed by atoms with Crippen molar-refractivity contribution in [1.29, 1.82) is 0 Å². The van der Waals surface area contributed by atoms with Crippen molar-refractivity contribution in [3.8, 4) is 5.75 Å². The molecule has 0 N–H and O–H groups in total. The van der Waals surface area contributed by atoms with Gasteiger partial charge in [-0.2, -0.15) is 17.7 Å². The number of benzene rings is 1. The van der Waals surface area contributed by atoms with Gasteiger partial charge in [0.15, 0.2) is 0 Å². The third-order valence-electron chi connectivity index (χ3n) is 1.46. The summed E-state index contributed by atoms with van der Waals surface area (Å²) in [6, 6.07) is 6.50. The summed E-state index contributed by atoms with van der Waals surface area (Å²) in [4.78, 5) is 0. The van der Waals surface area contributed by atoms with E-state index >= 15 is 0 Å². The SMILES string of the molecule is Cc1[c-]cc(OCF)c(C)c1.[CH3-].[W+2]. The van der Waals surface area contributed by atoms with Gasteiger partial charge >= 0.3 is 21.1 Å². The third kappa shape index (κ3) is 4.42. The minimum Gasteiger partial charge on any atom is -0.524 e. The fourth-order valence-electron chi connectivity index (χ4n) is 0.945. The second-order valence-electron chi connectivity index (χ2n) is 2.42. The Balaban J connectivity index is 0. The molecule has 0 saturated carbocycles. The maximum Gasteiger partial charge on any atom is 2.00 e. The van der Waals surface area contributed by atoms with E-state index in [0.717, 1.165) is 11.1 Å². The summed E-state index contributed by atoms with van der Waals surface area (Å²) in [5, 5.41) is 0. The minimum absolute atomic E-state index is 0. The molecule has 0 atom stereocenters. The van der Waals surface area contributed by atoms with Gasteiger partial charge in [0.1, 0.15) is 0 Å². The Morgan fingerprint density at radius 2 is 2.08 bits per heavy atom. The Kier molecular flexibility index (Phi) is 8.24. The topological polar surface area (TPSA) is 9.23 Å². The van der Waals surface area contributed by atoms with Crippen molar-refractivity contribution in [3.63, 3.8) is 0 Å². The van der Waals surface area contributed by atoms with Gasteiger partial charge in [-0.1, -0.05) is 13.8 Å². The van der Waals surface area contributed by atoms with Crippen molar-refractivity contribution in [3.05, 3.63) is 36.8 Å². The zero-order chi connectivity index (χ0) is 8.27. The number of hydrogen-bond donors (Lipinski definition) is 0. The number of alkyl halides is 1. The van der Waals surface area contributed by atoms with Gasteiger partial charge in [-0.15, -0.1) is 11.6 Å². The van der Waals surface area contributed by atoms with Crippen molar-refractivity contribution in [2.45, 2.75) is 13.8 Å². The number of halogens is 1. The van der Waals surface area contributed by atoms with Crippen LogP contribution in [0.4, 0.5) is 4.39 Å².